The van der Waals surface area contributed by atoms with E-state index in [9.17, 15) is 4.79 Å². The molecule has 0 radical (unpaired) electrons. The summed E-state index contributed by atoms with van der Waals surface area (Å²) in [6.45, 7) is 5.89. The summed E-state index contributed by atoms with van der Waals surface area (Å²) in [6.07, 6.45) is 1.81. The molecule has 168 valence electrons. The van der Waals surface area contributed by atoms with Crippen molar-refractivity contribution in [3.63, 3.8) is 0 Å². The van der Waals surface area contributed by atoms with Gasteiger partial charge >= 0.3 is 0 Å². The van der Waals surface area contributed by atoms with E-state index in [1.165, 1.54) is 0 Å². The van der Waals surface area contributed by atoms with Crippen molar-refractivity contribution in [2.24, 2.45) is 0 Å². The van der Waals surface area contributed by atoms with Gasteiger partial charge in [-0.3, -0.25) is 4.79 Å². The number of aromatic nitrogens is 2. The highest BCUT2D eigenvalue weighted by Crippen LogP contribution is 2.34. The second-order valence-electron chi connectivity index (χ2n) is 8.08. The lowest BCUT2D eigenvalue weighted by atomic mass is 9.94. The zero-order valence-corrected chi connectivity index (χ0v) is 19.1. The van der Waals surface area contributed by atoms with E-state index < -0.39 is 0 Å². The number of rotatable bonds is 6. The number of amides is 1. The van der Waals surface area contributed by atoms with Crippen LogP contribution < -0.4 is 21.1 Å². The van der Waals surface area contributed by atoms with E-state index in [0.29, 0.717) is 28.6 Å². The summed E-state index contributed by atoms with van der Waals surface area (Å²) >= 11 is 0. The van der Waals surface area contributed by atoms with Gasteiger partial charge in [0.1, 0.15) is 5.75 Å². The molecule has 7 nitrogen and oxygen atoms in total. The van der Waals surface area contributed by atoms with Gasteiger partial charge in [-0.05, 0) is 62.2 Å². The summed E-state index contributed by atoms with van der Waals surface area (Å²) in [5.41, 5.74) is 11.5. The Morgan fingerprint density at radius 3 is 2.67 bits per heavy atom. The lowest BCUT2D eigenvalue weighted by Crippen LogP contribution is -2.15. The van der Waals surface area contributed by atoms with E-state index in [-0.39, 0.29) is 12.0 Å². The largest absolute Gasteiger partial charge is 0.491 e. The monoisotopic (exact) mass is 441 g/mol. The second-order valence-corrected chi connectivity index (χ2v) is 8.08. The molecule has 0 unspecified atom stereocenters. The Morgan fingerprint density at radius 2 is 1.91 bits per heavy atom. The number of nitrogens with one attached hydrogen (secondary N) is 2. The fraction of sp³-hybridized carbons (Fsp3) is 0.192. The highest BCUT2D eigenvalue weighted by atomic mass is 16.5. The third-order valence-corrected chi connectivity index (χ3v) is 5.25. The third-order valence-electron chi connectivity index (χ3n) is 5.25. The Balaban J connectivity index is 1.67. The molecule has 33 heavy (non-hydrogen) atoms. The van der Waals surface area contributed by atoms with Crippen molar-refractivity contribution in [3.8, 4) is 16.9 Å². The maximum atomic E-state index is 13.1. The molecule has 3 aromatic carbocycles. The van der Waals surface area contributed by atoms with Crippen molar-refractivity contribution in [2.75, 3.05) is 23.4 Å². The summed E-state index contributed by atoms with van der Waals surface area (Å²) in [7, 11) is 1.78. The standard InChI is InChI=1S/C26H27N5O2/c1-15(2)33-20-7-5-6-19(13-20)30-25(32)21-10-8-16(3)23(24(21)27)17-9-11-22-18(12-17)14-29-26(28-4)31-22/h5-15H,27H2,1-4H3,(H,30,32)(H,28,29,31). The number of nitrogen functional groups attached to an aromatic ring is 1. The molecule has 1 amide bonds. The molecule has 4 rings (SSSR count). The maximum Gasteiger partial charge on any atom is 0.257 e. The molecular weight excluding hydrogens is 414 g/mol. The molecule has 7 heteroatoms. The molecule has 0 spiro atoms. The number of carbonyl (C=O) groups excluding carboxylic acids is 1. The fourth-order valence-electron chi connectivity index (χ4n) is 3.74. The number of hydrogen-bond acceptors (Lipinski definition) is 6. The minimum Gasteiger partial charge on any atom is -0.491 e. The van der Waals surface area contributed by atoms with Gasteiger partial charge in [-0.25, -0.2) is 9.97 Å². The number of ether oxygens (including phenoxy) is 1. The van der Waals surface area contributed by atoms with E-state index in [0.717, 1.165) is 27.6 Å². The minimum atomic E-state index is -0.279. The molecule has 0 aliphatic carbocycles. The topological polar surface area (TPSA) is 102 Å². The van der Waals surface area contributed by atoms with E-state index in [1.54, 1.807) is 25.4 Å². The number of hydrogen-bond donors (Lipinski definition) is 3. The first-order valence-electron chi connectivity index (χ1n) is 10.8. The summed E-state index contributed by atoms with van der Waals surface area (Å²) in [4.78, 5) is 21.8. The Kier molecular flexibility index (Phi) is 6.13. The highest BCUT2D eigenvalue weighted by molar-refractivity contribution is 6.10. The Labute approximate surface area is 193 Å². The average molecular weight is 442 g/mol. The highest BCUT2D eigenvalue weighted by Gasteiger charge is 2.17. The van der Waals surface area contributed by atoms with Crippen molar-refractivity contribution < 1.29 is 9.53 Å². The molecule has 0 aliphatic heterocycles. The van der Waals surface area contributed by atoms with Crippen LogP contribution in [0.3, 0.4) is 0 Å². The van der Waals surface area contributed by atoms with Crippen molar-refractivity contribution in [3.05, 3.63) is 71.9 Å². The molecule has 0 aliphatic rings. The van der Waals surface area contributed by atoms with Gasteiger partial charge in [0.15, 0.2) is 0 Å². The summed E-state index contributed by atoms with van der Waals surface area (Å²) in [6, 6.07) is 16.9. The Hall–Kier alpha value is -4.13. The van der Waals surface area contributed by atoms with Crippen LogP contribution in [0.5, 0.6) is 5.75 Å². The summed E-state index contributed by atoms with van der Waals surface area (Å²) < 4.78 is 5.72. The van der Waals surface area contributed by atoms with Crippen molar-refractivity contribution >= 4 is 34.1 Å². The first-order valence-corrected chi connectivity index (χ1v) is 10.8. The lowest BCUT2D eigenvalue weighted by Gasteiger charge is -2.16. The van der Waals surface area contributed by atoms with Crippen LogP contribution in [0.4, 0.5) is 17.3 Å². The van der Waals surface area contributed by atoms with Crippen LogP contribution in [0.25, 0.3) is 22.0 Å². The molecule has 0 saturated carbocycles. The number of anilines is 3. The van der Waals surface area contributed by atoms with Crippen LogP contribution in [0.15, 0.2) is 60.8 Å². The number of carbonyl (C=O) groups is 1. The number of fused-ring (bicyclic) bond motifs is 1. The van der Waals surface area contributed by atoms with Gasteiger partial charge in [0.05, 0.1) is 22.9 Å². The second kappa shape index (κ2) is 9.16. The van der Waals surface area contributed by atoms with Crippen LogP contribution >= 0.6 is 0 Å². The van der Waals surface area contributed by atoms with Gasteiger partial charge in [-0.15, -0.1) is 0 Å². The summed E-state index contributed by atoms with van der Waals surface area (Å²) in [5, 5.41) is 6.76. The smallest absolute Gasteiger partial charge is 0.257 e. The van der Waals surface area contributed by atoms with Crippen LogP contribution in [0.1, 0.15) is 29.8 Å². The SMILES string of the molecule is CNc1ncc2cc(-c3c(C)ccc(C(=O)Nc4cccc(OC(C)C)c4)c3N)ccc2n1. The molecular formula is C26H27N5O2. The summed E-state index contributed by atoms with van der Waals surface area (Å²) in [5.74, 6) is 0.978. The molecule has 0 atom stereocenters. The predicted molar refractivity (Wildman–Crippen MR) is 134 cm³/mol. The Bertz CT molecular complexity index is 1330. The first kappa shape index (κ1) is 22.1. The van der Waals surface area contributed by atoms with E-state index in [4.69, 9.17) is 10.5 Å². The normalized spacial score (nSPS) is 10.9. The van der Waals surface area contributed by atoms with Gasteiger partial charge in [-0.2, -0.15) is 0 Å². The number of nitrogens with zero attached hydrogens (tertiary/aromatic N) is 2. The van der Waals surface area contributed by atoms with Gasteiger partial charge in [-0.1, -0.05) is 18.2 Å². The molecule has 0 saturated heterocycles. The van der Waals surface area contributed by atoms with Crippen molar-refractivity contribution in [1.82, 2.24) is 9.97 Å². The van der Waals surface area contributed by atoms with Crippen LogP contribution in [0.2, 0.25) is 0 Å². The predicted octanol–water partition coefficient (Wildman–Crippen LogP) is 5.27. The molecule has 0 fully saturated rings. The van der Waals surface area contributed by atoms with Crippen LogP contribution in [0, 0.1) is 6.92 Å². The maximum absolute atomic E-state index is 13.1. The van der Waals surface area contributed by atoms with Gasteiger partial charge in [0.2, 0.25) is 5.95 Å². The third kappa shape index (κ3) is 4.72. The molecule has 1 aromatic heterocycles. The number of aryl methyl sites for hydroxylation is 1. The fourth-order valence-corrected chi connectivity index (χ4v) is 3.74. The van der Waals surface area contributed by atoms with E-state index in [1.807, 2.05) is 63.2 Å². The molecule has 1 heterocycles. The molecule has 4 aromatic rings. The average Bonchev–Trinajstić information content (AvgIpc) is 2.78. The molecule has 0 bridgehead atoms. The lowest BCUT2D eigenvalue weighted by molar-refractivity contribution is 0.102. The van der Waals surface area contributed by atoms with Gasteiger partial charge in [0, 0.05) is 35.9 Å². The Morgan fingerprint density at radius 1 is 1.09 bits per heavy atom. The first-order chi connectivity index (χ1) is 15.9. The van der Waals surface area contributed by atoms with Gasteiger partial charge < -0.3 is 21.1 Å². The van der Waals surface area contributed by atoms with Crippen LogP contribution in [-0.4, -0.2) is 29.0 Å². The van der Waals surface area contributed by atoms with Crippen molar-refractivity contribution in [2.45, 2.75) is 26.9 Å². The zero-order chi connectivity index (χ0) is 23.5. The van der Waals surface area contributed by atoms with E-state index >= 15 is 0 Å². The van der Waals surface area contributed by atoms with Gasteiger partial charge in [0.25, 0.3) is 5.91 Å². The quantitative estimate of drug-likeness (QED) is 0.352. The van der Waals surface area contributed by atoms with Crippen molar-refractivity contribution in [1.29, 1.82) is 0 Å². The number of nitrogens with two attached hydrogens (primary N) is 1. The molecule has 4 N–H and O–H groups in total. The van der Waals surface area contributed by atoms with E-state index in [2.05, 4.69) is 20.6 Å². The number of benzene rings is 3. The van der Waals surface area contributed by atoms with Crippen LogP contribution in [-0.2, 0) is 0 Å². The zero-order valence-electron chi connectivity index (χ0n) is 19.1. The minimum absolute atomic E-state index is 0.0448.